The van der Waals surface area contributed by atoms with Crippen LogP contribution in [0.2, 0.25) is 0 Å². The molecule has 0 saturated heterocycles. The van der Waals surface area contributed by atoms with Crippen molar-refractivity contribution in [1.82, 2.24) is 4.90 Å². The predicted molar refractivity (Wildman–Crippen MR) is 50.7 cm³/mol. The van der Waals surface area contributed by atoms with Crippen LogP contribution in [0.1, 0.15) is 13.3 Å². The maximum absolute atomic E-state index is 11.2. The molecule has 0 amide bonds. The van der Waals surface area contributed by atoms with Gasteiger partial charge in [-0.15, -0.1) is 0 Å². The number of hydrogen-bond donors (Lipinski definition) is 1. The van der Waals surface area contributed by atoms with Crippen molar-refractivity contribution in [2.45, 2.75) is 13.3 Å². The number of hydrogen-bond acceptors (Lipinski definition) is 4. The molecule has 0 fully saturated rings. The highest BCUT2D eigenvalue weighted by Gasteiger charge is 2.08. The standard InChI is InChI=1S/C9H19NO3/c1-3-4-10(5-6-11)7-9(12)8-13-2/h11H,3-8H2,1-2H3. The normalized spacial score (nSPS) is 10.8. The van der Waals surface area contributed by atoms with Crippen LogP contribution in [0.15, 0.2) is 0 Å². The van der Waals surface area contributed by atoms with E-state index in [-0.39, 0.29) is 19.0 Å². The molecule has 0 aromatic carbocycles. The first-order valence-electron chi connectivity index (χ1n) is 4.58. The first-order chi connectivity index (χ1) is 6.24. The van der Waals surface area contributed by atoms with Gasteiger partial charge in [0.25, 0.3) is 0 Å². The second kappa shape index (κ2) is 8.16. The van der Waals surface area contributed by atoms with Crippen molar-refractivity contribution in [3.63, 3.8) is 0 Å². The third kappa shape index (κ3) is 6.69. The third-order valence-electron chi connectivity index (χ3n) is 1.66. The largest absolute Gasteiger partial charge is 0.395 e. The van der Waals surface area contributed by atoms with Crippen molar-refractivity contribution in [3.05, 3.63) is 0 Å². The second-order valence-corrected chi connectivity index (χ2v) is 2.97. The summed E-state index contributed by atoms with van der Waals surface area (Å²) < 4.78 is 4.72. The summed E-state index contributed by atoms with van der Waals surface area (Å²) in [5, 5.41) is 8.72. The summed E-state index contributed by atoms with van der Waals surface area (Å²) in [6.45, 7) is 4.08. The highest BCUT2D eigenvalue weighted by atomic mass is 16.5. The van der Waals surface area contributed by atoms with E-state index in [2.05, 4.69) is 0 Å². The molecule has 0 unspecified atom stereocenters. The van der Waals surface area contributed by atoms with E-state index in [1.54, 1.807) is 0 Å². The molecule has 4 nitrogen and oxygen atoms in total. The molecule has 0 radical (unpaired) electrons. The molecular formula is C9H19NO3. The Balaban J connectivity index is 3.71. The van der Waals surface area contributed by atoms with Gasteiger partial charge in [0, 0.05) is 13.7 Å². The van der Waals surface area contributed by atoms with Crippen LogP contribution < -0.4 is 0 Å². The van der Waals surface area contributed by atoms with Crippen LogP contribution in [0.25, 0.3) is 0 Å². The number of carbonyl (C=O) groups is 1. The molecule has 0 spiro atoms. The van der Waals surface area contributed by atoms with E-state index in [1.165, 1.54) is 7.11 Å². The van der Waals surface area contributed by atoms with Gasteiger partial charge in [0.05, 0.1) is 13.2 Å². The zero-order valence-electron chi connectivity index (χ0n) is 8.45. The first kappa shape index (κ1) is 12.6. The maximum atomic E-state index is 11.2. The molecule has 0 aliphatic carbocycles. The van der Waals surface area contributed by atoms with Crippen LogP contribution in [0.4, 0.5) is 0 Å². The van der Waals surface area contributed by atoms with E-state index in [0.717, 1.165) is 13.0 Å². The lowest BCUT2D eigenvalue weighted by atomic mass is 10.3. The van der Waals surface area contributed by atoms with Crippen molar-refractivity contribution in [1.29, 1.82) is 0 Å². The Bertz CT molecular complexity index is 133. The zero-order valence-corrected chi connectivity index (χ0v) is 8.45. The summed E-state index contributed by atoms with van der Waals surface area (Å²) in [5.41, 5.74) is 0. The summed E-state index contributed by atoms with van der Waals surface area (Å²) in [6.07, 6.45) is 0.986. The summed E-state index contributed by atoms with van der Waals surface area (Å²) >= 11 is 0. The molecule has 13 heavy (non-hydrogen) atoms. The Morgan fingerprint density at radius 2 is 2.15 bits per heavy atom. The van der Waals surface area contributed by atoms with E-state index in [0.29, 0.717) is 13.1 Å². The van der Waals surface area contributed by atoms with Crippen LogP contribution in [0.5, 0.6) is 0 Å². The van der Waals surface area contributed by atoms with Crippen LogP contribution in [-0.4, -0.2) is 55.7 Å². The summed E-state index contributed by atoms with van der Waals surface area (Å²) in [4.78, 5) is 13.1. The molecule has 0 aromatic heterocycles. The van der Waals surface area contributed by atoms with Crippen molar-refractivity contribution >= 4 is 5.78 Å². The molecule has 1 N–H and O–H groups in total. The maximum Gasteiger partial charge on any atom is 0.172 e. The van der Waals surface area contributed by atoms with Gasteiger partial charge in [-0.1, -0.05) is 6.92 Å². The van der Waals surface area contributed by atoms with Crippen molar-refractivity contribution in [3.8, 4) is 0 Å². The lowest BCUT2D eigenvalue weighted by Crippen LogP contribution is -2.34. The quantitative estimate of drug-likeness (QED) is 0.579. The minimum Gasteiger partial charge on any atom is -0.395 e. The summed E-state index contributed by atoms with van der Waals surface area (Å²) in [7, 11) is 1.51. The first-order valence-corrected chi connectivity index (χ1v) is 4.58. The van der Waals surface area contributed by atoms with Gasteiger partial charge in [0.1, 0.15) is 6.61 Å². The average molecular weight is 189 g/mol. The number of ether oxygens (including phenoxy) is 1. The topological polar surface area (TPSA) is 49.8 Å². The summed E-state index contributed by atoms with van der Waals surface area (Å²) in [6, 6.07) is 0. The minimum atomic E-state index is 0.0596. The van der Waals surface area contributed by atoms with E-state index in [1.807, 2.05) is 11.8 Å². The SMILES string of the molecule is CCCN(CCO)CC(=O)COC. The van der Waals surface area contributed by atoms with E-state index in [9.17, 15) is 4.79 Å². The minimum absolute atomic E-state index is 0.0596. The smallest absolute Gasteiger partial charge is 0.172 e. The Kier molecular flexibility index (Phi) is 7.88. The molecule has 0 aliphatic heterocycles. The number of aliphatic hydroxyl groups is 1. The highest BCUT2D eigenvalue weighted by molar-refractivity contribution is 5.81. The molecule has 0 aliphatic rings. The van der Waals surface area contributed by atoms with Crippen LogP contribution in [0.3, 0.4) is 0 Å². The van der Waals surface area contributed by atoms with Gasteiger partial charge in [0.2, 0.25) is 0 Å². The van der Waals surface area contributed by atoms with E-state index >= 15 is 0 Å². The monoisotopic (exact) mass is 189 g/mol. The average Bonchev–Trinajstić information content (AvgIpc) is 2.05. The lowest BCUT2D eigenvalue weighted by molar-refractivity contribution is -0.123. The third-order valence-corrected chi connectivity index (χ3v) is 1.66. The van der Waals surface area contributed by atoms with Gasteiger partial charge in [0.15, 0.2) is 5.78 Å². The fourth-order valence-corrected chi connectivity index (χ4v) is 1.18. The fourth-order valence-electron chi connectivity index (χ4n) is 1.18. The zero-order chi connectivity index (χ0) is 10.1. The van der Waals surface area contributed by atoms with Gasteiger partial charge >= 0.3 is 0 Å². The molecule has 0 heterocycles. The number of aliphatic hydroxyl groups excluding tert-OH is 1. The van der Waals surface area contributed by atoms with Gasteiger partial charge < -0.3 is 9.84 Å². The Hall–Kier alpha value is -0.450. The van der Waals surface area contributed by atoms with Crippen LogP contribution in [-0.2, 0) is 9.53 Å². The predicted octanol–water partition coefficient (Wildman–Crippen LogP) is -0.0938. The molecule has 0 rings (SSSR count). The van der Waals surface area contributed by atoms with E-state index in [4.69, 9.17) is 9.84 Å². The summed E-state index contributed by atoms with van der Waals surface area (Å²) in [5.74, 6) is 0.0596. The Labute approximate surface area is 79.5 Å². The Morgan fingerprint density at radius 3 is 2.62 bits per heavy atom. The molecule has 0 bridgehead atoms. The molecule has 0 saturated carbocycles. The fraction of sp³-hybridized carbons (Fsp3) is 0.889. The number of rotatable bonds is 8. The Morgan fingerprint density at radius 1 is 1.46 bits per heavy atom. The molecule has 4 heteroatoms. The second-order valence-electron chi connectivity index (χ2n) is 2.97. The van der Waals surface area contributed by atoms with Crippen LogP contribution in [0, 0.1) is 0 Å². The number of Topliss-reactive ketones (excluding diaryl/α,β-unsaturated/α-hetero) is 1. The lowest BCUT2D eigenvalue weighted by Gasteiger charge is -2.18. The number of carbonyl (C=O) groups excluding carboxylic acids is 1. The number of ketones is 1. The highest BCUT2D eigenvalue weighted by Crippen LogP contribution is 1.91. The van der Waals surface area contributed by atoms with Crippen molar-refractivity contribution in [2.75, 3.05) is 40.0 Å². The van der Waals surface area contributed by atoms with Crippen LogP contribution >= 0.6 is 0 Å². The van der Waals surface area contributed by atoms with Gasteiger partial charge in [-0.2, -0.15) is 0 Å². The molecule has 78 valence electrons. The molecule has 0 aromatic rings. The van der Waals surface area contributed by atoms with Gasteiger partial charge in [-0.05, 0) is 13.0 Å². The number of nitrogens with zero attached hydrogens (tertiary/aromatic N) is 1. The van der Waals surface area contributed by atoms with Crippen molar-refractivity contribution in [2.24, 2.45) is 0 Å². The van der Waals surface area contributed by atoms with E-state index < -0.39 is 0 Å². The number of methoxy groups -OCH3 is 1. The van der Waals surface area contributed by atoms with Gasteiger partial charge in [-0.25, -0.2) is 0 Å². The molecule has 0 atom stereocenters. The van der Waals surface area contributed by atoms with Crippen molar-refractivity contribution < 1.29 is 14.6 Å². The molecular weight excluding hydrogens is 170 g/mol. The van der Waals surface area contributed by atoms with Gasteiger partial charge in [-0.3, -0.25) is 9.69 Å².